The van der Waals surface area contributed by atoms with E-state index in [-0.39, 0.29) is 35.1 Å². The van der Waals surface area contributed by atoms with Crippen molar-refractivity contribution in [3.05, 3.63) is 134 Å². The average molecular weight is 483 g/mol. The van der Waals surface area contributed by atoms with Gasteiger partial charge in [-0.3, -0.25) is 14.2 Å². The Bertz CT molecular complexity index is 1680. The molecule has 1 amide bonds. The predicted molar refractivity (Wildman–Crippen MR) is 134 cm³/mol. The van der Waals surface area contributed by atoms with E-state index in [0.717, 1.165) is 10.1 Å². The first-order chi connectivity index (χ1) is 17.4. The fourth-order valence-electron chi connectivity index (χ4n) is 4.06. The van der Waals surface area contributed by atoms with Gasteiger partial charge in [0.2, 0.25) is 0 Å². The van der Waals surface area contributed by atoms with Crippen LogP contribution in [0.1, 0.15) is 27.2 Å². The van der Waals surface area contributed by atoms with Crippen LogP contribution in [0.15, 0.2) is 99.1 Å². The van der Waals surface area contributed by atoms with Crippen molar-refractivity contribution in [3.8, 4) is 5.69 Å². The first-order valence-corrected chi connectivity index (χ1v) is 11.3. The number of hydrogen-bond donors (Lipinski definition) is 1. The molecule has 0 saturated heterocycles. The van der Waals surface area contributed by atoms with Crippen molar-refractivity contribution >= 4 is 16.8 Å². The van der Waals surface area contributed by atoms with E-state index in [9.17, 15) is 18.8 Å². The highest BCUT2D eigenvalue weighted by atomic mass is 19.1. The highest BCUT2D eigenvalue weighted by Crippen LogP contribution is 2.17. The molecule has 2 heterocycles. The van der Waals surface area contributed by atoms with Crippen molar-refractivity contribution in [1.29, 1.82) is 0 Å². The van der Waals surface area contributed by atoms with E-state index in [4.69, 9.17) is 4.42 Å². The fourth-order valence-corrected chi connectivity index (χ4v) is 4.06. The number of rotatable bonds is 6. The molecule has 0 aliphatic heterocycles. The number of fused-ring (bicyclic) bond motifs is 1. The van der Waals surface area contributed by atoms with Gasteiger partial charge >= 0.3 is 5.69 Å². The highest BCUT2D eigenvalue weighted by Gasteiger charge is 2.18. The number of amides is 1. The topological polar surface area (TPSA) is 86.2 Å². The van der Waals surface area contributed by atoms with E-state index in [2.05, 4.69) is 5.32 Å². The summed E-state index contributed by atoms with van der Waals surface area (Å²) in [6, 6.07) is 21.1. The summed E-state index contributed by atoms with van der Waals surface area (Å²) in [5, 5.41) is 2.98. The van der Waals surface area contributed by atoms with E-state index in [0.29, 0.717) is 11.4 Å². The molecule has 0 spiro atoms. The van der Waals surface area contributed by atoms with Crippen LogP contribution in [0.25, 0.3) is 16.6 Å². The molecular weight excluding hydrogens is 461 g/mol. The van der Waals surface area contributed by atoms with Crippen LogP contribution in [-0.2, 0) is 13.1 Å². The first-order valence-electron chi connectivity index (χ1n) is 11.3. The molecule has 0 unspecified atom stereocenters. The molecule has 0 aliphatic carbocycles. The number of carbonyl (C=O) groups excluding carboxylic acids is 1. The van der Waals surface area contributed by atoms with Gasteiger partial charge in [0.1, 0.15) is 11.6 Å². The molecule has 8 heteroatoms. The summed E-state index contributed by atoms with van der Waals surface area (Å²) in [6.07, 6.45) is 1.51. The second kappa shape index (κ2) is 9.50. The standard InChI is InChI=1S/C28H22FN3O4/c1-18-8-11-21(12-9-18)32-27(34)23-13-10-19(26(33)30-16-22-6-4-14-36-22)15-25(23)31(28(32)35)17-20-5-2-3-7-24(20)29/h2-15H,16-17H2,1H3,(H,30,33). The normalized spacial score (nSPS) is 11.1. The maximum absolute atomic E-state index is 14.5. The second-order valence-electron chi connectivity index (χ2n) is 8.43. The van der Waals surface area contributed by atoms with Gasteiger partial charge in [-0.15, -0.1) is 0 Å². The summed E-state index contributed by atoms with van der Waals surface area (Å²) in [5.41, 5.74) is 0.997. The SMILES string of the molecule is Cc1ccc(-n2c(=O)c3ccc(C(=O)NCc4ccco4)cc3n(Cc3ccccc3F)c2=O)cc1. The summed E-state index contributed by atoms with van der Waals surface area (Å²) in [5.74, 6) is -0.291. The number of hydrogen-bond acceptors (Lipinski definition) is 4. The Labute approximate surface area is 205 Å². The molecule has 2 aromatic heterocycles. The number of carbonyl (C=O) groups is 1. The van der Waals surface area contributed by atoms with Crippen LogP contribution in [0.5, 0.6) is 0 Å². The molecule has 0 atom stereocenters. The van der Waals surface area contributed by atoms with Crippen molar-refractivity contribution in [2.24, 2.45) is 0 Å². The highest BCUT2D eigenvalue weighted by molar-refractivity contribution is 5.97. The van der Waals surface area contributed by atoms with Crippen molar-refractivity contribution in [1.82, 2.24) is 14.5 Å². The molecule has 0 radical (unpaired) electrons. The smallest absolute Gasteiger partial charge is 0.336 e. The number of nitrogens with one attached hydrogen (secondary N) is 1. The van der Waals surface area contributed by atoms with Crippen LogP contribution < -0.4 is 16.6 Å². The molecule has 5 aromatic rings. The van der Waals surface area contributed by atoms with Gasteiger partial charge < -0.3 is 9.73 Å². The van der Waals surface area contributed by atoms with Crippen LogP contribution in [-0.4, -0.2) is 15.0 Å². The molecule has 0 fully saturated rings. The van der Waals surface area contributed by atoms with Gasteiger partial charge in [0.25, 0.3) is 11.5 Å². The lowest BCUT2D eigenvalue weighted by molar-refractivity contribution is 0.0948. The van der Waals surface area contributed by atoms with Crippen LogP contribution >= 0.6 is 0 Å². The van der Waals surface area contributed by atoms with Gasteiger partial charge in [0, 0.05) is 11.1 Å². The maximum atomic E-state index is 14.5. The van der Waals surface area contributed by atoms with E-state index >= 15 is 0 Å². The van der Waals surface area contributed by atoms with Gasteiger partial charge in [-0.1, -0.05) is 35.9 Å². The molecule has 7 nitrogen and oxygen atoms in total. The second-order valence-corrected chi connectivity index (χ2v) is 8.43. The van der Waals surface area contributed by atoms with Crippen LogP contribution in [0, 0.1) is 12.7 Å². The minimum Gasteiger partial charge on any atom is -0.467 e. The summed E-state index contributed by atoms with van der Waals surface area (Å²) >= 11 is 0. The zero-order valence-corrected chi connectivity index (χ0v) is 19.4. The Balaban J connectivity index is 1.67. The Morgan fingerprint density at radius 2 is 1.75 bits per heavy atom. The van der Waals surface area contributed by atoms with Gasteiger partial charge in [-0.2, -0.15) is 0 Å². The molecule has 0 aliphatic rings. The fraction of sp³-hybridized carbons (Fsp3) is 0.107. The quantitative estimate of drug-likeness (QED) is 0.393. The van der Waals surface area contributed by atoms with E-state index in [1.54, 1.807) is 54.6 Å². The number of aryl methyl sites for hydroxylation is 1. The largest absolute Gasteiger partial charge is 0.467 e. The van der Waals surface area contributed by atoms with Crippen molar-refractivity contribution < 1.29 is 13.6 Å². The van der Waals surface area contributed by atoms with Crippen molar-refractivity contribution in [3.63, 3.8) is 0 Å². The summed E-state index contributed by atoms with van der Waals surface area (Å²) in [7, 11) is 0. The summed E-state index contributed by atoms with van der Waals surface area (Å²) in [6.45, 7) is 1.97. The average Bonchev–Trinajstić information content (AvgIpc) is 3.41. The first kappa shape index (κ1) is 23.0. The number of benzene rings is 3. The van der Waals surface area contributed by atoms with Crippen LogP contribution in [0.3, 0.4) is 0 Å². The van der Waals surface area contributed by atoms with Gasteiger partial charge in [0.05, 0.1) is 35.9 Å². The Hall–Kier alpha value is -4.72. The summed E-state index contributed by atoms with van der Waals surface area (Å²) in [4.78, 5) is 39.9. The van der Waals surface area contributed by atoms with Gasteiger partial charge in [-0.25, -0.2) is 13.8 Å². The van der Waals surface area contributed by atoms with Gasteiger partial charge in [-0.05, 0) is 55.5 Å². The number of aromatic nitrogens is 2. The third-order valence-corrected chi connectivity index (χ3v) is 5.99. The van der Waals surface area contributed by atoms with Crippen molar-refractivity contribution in [2.45, 2.75) is 20.0 Å². The van der Waals surface area contributed by atoms with E-state index in [1.807, 2.05) is 6.92 Å². The zero-order chi connectivity index (χ0) is 25.2. The lowest BCUT2D eigenvalue weighted by Crippen LogP contribution is -2.39. The molecular formula is C28H22FN3O4. The molecule has 1 N–H and O–H groups in total. The van der Waals surface area contributed by atoms with Crippen LogP contribution in [0.4, 0.5) is 4.39 Å². The third kappa shape index (κ3) is 4.36. The number of furan rings is 1. The monoisotopic (exact) mass is 483 g/mol. The maximum Gasteiger partial charge on any atom is 0.336 e. The molecule has 36 heavy (non-hydrogen) atoms. The lowest BCUT2D eigenvalue weighted by Gasteiger charge is -2.16. The Morgan fingerprint density at radius 1 is 0.972 bits per heavy atom. The Kier molecular flexibility index (Phi) is 6.08. The molecule has 3 aromatic carbocycles. The van der Waals surface area contributed by atoms with Crippen LogP contribution in [0.2, 0.25) is 0 Å². The molecule has 0 saturated carbocycles. The van der Waals surface area contributed by atoms with E-state index in [1.165, 1.54) is 35.1 Å². The minimum atomic E-state index is -0.632. The number of nitrogens with zero attached hydrogens (tertiary/aromatic N) is 2. The third-order valence-electron chi connectivity index (χ3n) is 5.99. The predicted octanol–water partition coefficient (Wildman–Crippen LogP) is 4.17. The molecule has 180 valence electrons. The van der Waals surface area contributed by atoms with Crippen molar-refractivity contribution in [2.75, 3.05) is 0 Å². The Morgan fingerprint density at radius 3 is 2.47 bits per heavy atom. The van der Waals surface area contributed by atoms with E-state index < -0.39 is 23.0 Å². The minimum absolute atomic E-state index is 0.119. The molecule has 0 bridgehead atoms. The zero-order valence-electron chi connectivity index (χ0n) is 19.4. The number of halogens is 1. The molecule has 5 rings (SSSR count). The van der Waals surface area contributed by atoms with Gasteiger partial charge in [0.15, 0.2) is 0 Å². The lowest BCUT2D eigenvalue weighted by atomic mass is 10.1. The summed E-state index contributed by atoms with van der Waals surface area (Å²) < 4.78 is 22.2.